The summed E-state index contributed by atoms with van der Waals surface area (Å²) >= 11 is 0. The Hall–Kier alpha value is -22.4. The molecule has 14 aromatic rings. The number of hydrogen-bond acceptors (Lipinski definition) is 12. The lowest BCUT2D eigenvalue weighted by Gasteiger charge is -2.25. The summed E-state index contributed by atoms with van der Waals surface area (Å²) in [5, 5.41) is 110. The average molecular weight is 1970 g/mol. The number of alkyl halides is 12. The highest BCUT2D eigenvalue weighted by Crippen LogP contribution is 2.67. The fourth-order valence-electron chi connectivity index (χ4n) is 19.0. The largest absolute Gasteiger partial charge is 0.573 e. The van der Waals surface area contributed by atoms with E-state index in [1.807, 2.05) is 24.3 Å². The van der Waals surface area contributed by atoms with Gasteiger partial charge in [0.1, 0.15) is 47.9 Å². The van der Waals surface area contributed by atoms with E-state index in [0.717, 1.165) is 72.8 Å². The highest BCUT2D eigenvalue weighted by Gasteiger charge is 2.49. The van der Waals surface area contributed by atoms with Crippen molar-refractivity contribution in [1.82, 2.24) is 0 Å². The zero-order chi connectivity index (χ0) is 107. The Morgan fingerprint density at radius 1 is 0.227 bits per heavy atom. The molecule has 0 aliphatic heterocycles. The van der Waals surface area contributed by atoms with Gasteiger partial charge in [-0.1, -0.05) is 206 Å². The van der Waals surface area contributed by atoms with Gasteiger partial charge in [-0.05, 0) is 218 Å². The lowest BCUT2D eigenvalue weighted by atomic mass is 9.77. The second-order valence-electron chi connectivity index (χ2n) is 33.1. The predicted octanol–water partition coefficient (Wildman–Crippen LogP) is 31.8. The van der Waals surface area contributed by atoms with Gasteiger partial charge in [0.05, 0.1) is 131 Å². The quantitative estimate of drug-likeness (QED) is 0.0558. The molecule has 0 atom stereocenters. The highest BCUT2D eigenvalue weighted by molar-refractivity contribution is 6.41. The molecule has 18 rings (SSSR count). The van der Waals surface area contributed by atoms with Gasteiger partial charge in [-0.3, -0.25) is 0 Å². The van der Waals surface area contributed by atoms with E-state index in [-0.39, 0.29) is 246 Å². The molecule has 0 saturated heterocycles. The molecule has 0 saturated carbocycles. The Labute approximate surface area is 846 Å². The zero-order valence-corrected chi connectivity index (χ0v) is 76.2. The summed E-state index contributed by atoms with van der Waals surface area (Å²) in [6.07, 6.45) is -19.9. The van der Waals surface area contributed by atoms with Crippen LogP contribution in [0.5, 0.6) is 11.5 Å². The van der Waals surface area contributed by atoms with E-state index in [0.29, 0.717) is 22.3 Å². The van der Waals surface area contributed by atoms with E-state index in [2.05, 4.69) is 75.0 Å². The zero-order valence-electron chi connectivity index (χ0n) is 76.2. The molecule has 14 aromatic carbocycles. The van der Waals surface area contributed by atoms with Crippen LogP contribution in [-0.2, 0) is 12.4 Å². The minimum absolute atomic E-state index is 0.000428. The second-order valence-corrected chi connectivity index (χ2v) is 33.1. The monoisotopic (exact) mass is 1970 g/mol. The Kier molecular flexibility index (Phi) is 26.4. The van der Waals surface area contributed by atoms with Crippen molar-refractivity contribution in [2.24, 2.45) is 0 Å². The summed E-state index contributed by atoms with van der Waals surface area (Å²) in [6.45, 7) is 49.7. The molecule has 0 N–H and O–H groups in total. The van der Waals surface area contributed by atoms with Gasteiger partial charge in [0.2, 0.25) is 11.4 Å². The first-order valence-corrected chi connectivity index (χ1v) is 43.9. The molecular formula is C120H48F12N16O2. The van der Waals surface area contributed by atoms with Crippen LogP contribution in [0.2, 0.25) is 0 Å². The second kappa shape index (κ2) is 39.9. The molecule has 4 aliphatic carbocycles. The third-order valence-electron chi connectivity index (χ3n) is 24.7. The molecule has 0 aromatic heterocycles. The van der Waals surface area contributed by atoms with Crippen molar-refractivity contribution >= 4 is 112 Å². The van der Waals surface area contributed by atoms with Gasteiger partial charge >= 0.3 is 25.1 Å². The van der Waals surface area contributed by atoms with Crippen molar-refractivity contribution in [2.45, 2.75) is 25.1 Å². The third-order valence-corrected chi connectivity index (χ3v) is 24.7. The normalized spacial score (nSPS) is 13.8. The maximum Gasteiger partial charge on any atom is 0.573 e. The van der Waals surface area contributed by atoms with Crippen molar-refractivity contribution < 1.29 is 62.2 Å². The van der Waals surface area contributed by atoms with Gasteiger partial charge in [0.25, 0.3) is 0 Å². The van der Waals surface area contributed by atoms with Crippen molar-refractivity contribution in [1.29, 1.82) is 52.6 Å². The third kappa shape index (κ3) is 18.2. The molecule has 0 spiro atoms. The van der Waals surface area contributed by atoms with Crippen molar-refractivity contribution in [3.8, 4) is 117 Å². The molecular weight excluding hydrogens is 1930 g/mol. The van der Waals surface area contributed by atoms with E-state index in [9.17, 15) is 105 Å². The van der Waals surface area contributed by atoms with Crippen molar-refractivity contribution in [3.05, 3.63) is 482 Å². The molecule has 0 radical (unpaired) electrons. The van der Waals surface area contributed by atoms with Gasteiger partial charge < -0.3 is 9.47 Å². The standard InChI is InChI=1S/C60H24F6N8O2.C60H24F6N8/c1-72-41-25-40(26-42(27-41)73-2)46(31-70)53-51(36-12-8-5-9-13-36)58(74-3)57-49(37-14-18-43(19-15-37)75-59(61,62)63)54-47(32-71)48(35-10-6-4-7-11-35)52(45(30-69)39-23-33(28-67)22-34(24-39)29-68)55(54)50(56(53)57)38-16-20-44(21-17-38)76-60(64,65)66;1-72-43-25-40(26-44(27-43)73-2)46(31-70)53-51(36-12-8-5-9-13-36)58(74-3)57-49(37-14-18-41(19-15-37)59(61,62)63)54-47(32-71)48(35-10-6-4-7-11-35)52(45(30-69)39-23-33(28-67)22-34(24-39)29-68)55(54)50(56(53)57)38-16-20-42(21-17-38)60(64,65)66/h4-27H;4-27H/b2*52-45+,53-46+. The Bertz CT molecular complexity index is 8750. The Morgan fingerprint density at radius 2 is 0.460 bits per heavy atom. The van der Waals surface area contributed by atoms with Gasteiger partial charge in [-0.15, -0.1) is 26.3 Å². The van der Waals surface area contributed by atoms with Crippen LogP contribution in [0.25, 0.3) is 163 Å². The summed E-state index contributed by atoms with van der Waals surface area (Å²) in [5.74, 6) is -1.30. The minimum Gasteiger partial charge on any atom is -0.406 e. The SMILES string of the molecule is [C-]#[N+]C1=C(c2ccccc2)/C(=C(/C#N)c2cc([N+]#[C-])cc([N+]#[C-])c2)c2c1c(-c1ccc(C(F)(F)F)cc1)c1c(c2-c2ccc(C(F)(F)F)cc2)/C(=C(\C#N)c2cc(C#N)cc(C#N)c2)C(c2ccccc2)=C1C#N.[C-]#[N+]C1=C(c2ccccc2)/C(=C(/C#N)c2cc([N+]#[C-])cc([N+]#[C-])c2)c2c1c(-c1ccc(OC(F)(F)F)cc1)c1c(c2-c2ccc(OC(F)(F)F)cc2)/C(=C(\C#N)c2cc(C#N)cc(C#N)c2)C(c2ccccc2)=C1C#N. The molecule has 0 heterocycles. The first-order valence-electron chi connectivity index (χ1n) is 43.9. The Morgan fingerprint density at radius 3 is 0.687 bits per heavy atom. The highest BCUT2D eigenvalue weighted by atomic mass is 19.4. The number of nitrogens with zero attached hydrogens (tertiary/aromatic N) is 16. The maximum absolute atomic E-state index is 14.5. The van der Waals surface area contributed by atoms with Crippen LogP contribution in [-0.4, -0.2) is 12.7 Å². The first-order chi connectivity index (χ1) is 72.2. The summed E-state index contributed by atoms with van der Waals surface area (Å²) < 4.78 is 178. The van der Waals surface area contributed by atoms with Gasteiger partial charge in [0.15, 0.2) is 22.7 Å². The molecule has 0 unspecified atom stereocenters. The first kappa shape index (κ1) is 99.2. The van der Waals surface area contributed by atoms with Crippen LogP contribution in [0.15, 0.2) is 291 Å². The number of hydrogen-bond donors (Lipinski definition) is 0. The predicted molar refractivity (Wildman–Crippen MR) is 535 cm³/mol. The molecule has 0 fully saturated rings. The smallest absolute Gasteiger partial charge is 0.406 e. The molecule has 4 aliphatic rings. The fraction of sp³-hybridized carbons (Fsp3) is 0.0333. The Balaban J connectivity index is 0.000000204. The molecule has 704 valence electrons. The number of rotatable bonds is 14. The fourth-order valence-corrected chi connectivity index (χ4v) is 19.0. The number of ether oxygens (including phenoxy) is 2. The van der Waals surface area contributed by atoms with E-state index < -0.39 is 47.7 Å². The topological polar surface area (TPSA) is 283 Å². The number of halogens is 12. The summed E-state index contributed by atoms with van der Waals surface area (Å²) in [5.41, 5.74) is -2.43. The van der Waals surface area contributed by atoms with Crippen LogP contribution in [0.1, 0.15) is 122 Å². The number of benzene rings is 14. The minimum atomic E-state index is -5.14. The van der Waals surface area contributed by atoms with Crippen LogP contribution >= 0.6 is 0 Å². The maximum atomic E-state index is 14.5. The van der Waals surface area contributed by atoms with Gasteiger partial charge in [-0.25, -0.2) is 29.1 Å². The van der Waals surface area contributed by atoms with E-state index >= 15 is 0 Å². The molecule has 0 amide bonds. The average Bonchev–Trinajstić information content (AvgIpc) is 1.52. The summed E-state index contributed by atoms with van der Waals surface area (Å²) in [4.78, 5) is 22.3. The van der Waals surface area contributed by atoms with E-state index in [1.54, 1.807) is 121 Å². The van der Waals surface area contributed by atoms with E-state index in [4.69, 9.17) is 39.4 Å². The molecule has 30 heteroatoms. The van der Waals surface area contributed by atoms with Crippen LogP contribution in [0.3, 0.4) is 0 Å². The van der Waals surface area contributed by atoms with E-state index in [1.165, 1.54) is 97.1 Å². The number of nitriles is 10. The van der Waals surface area contributed by atoms with Gasteiger partial charge in [0, 0.05) is 44.5 Å². The summed E-state index contributed by atoms with van der Waals surface area (Å²) in [6, 6.07) is 87.4. The number of fused-ring (bicyclic) bond motifs is 4. The molecule has 150 heavy (non-hydrogen) atoms. The summed E-state index contributed by atoms with van der Waals surface area (Å²) in [7, 11) is 0. The molecule has 0 bridgehead atoms. The van der Waals surface area contributed by atoms with Crippen molar-refractivity contribution in [2.75, 3.05) is 0 Å². The van der Waals surface area contributed by atoms with Crippen LogP contribution in [0, 0.1) is 153 Å². The lowest BCUT2D eigenvalue weighted by molar-refractivity contribution is -0.275. The van der Waals surface area contributed by atoms with Crippen LogP contribution < -0.4 is 9.47 Å². The van der Waals surface area contributed by atoms with Gasteiger partial charge in [-0.2, -0.15) is 79.0 Å². The van der Waals surface area contributed by atoms with Crippen LogP contribution in [0.4, 0.5) is 75.4 Å². The van der Waals surface area contributed by atoms with Crippen molar-refractivity contribution in [3.63, 3.8) is 0 Å². The number of allylic oxidation sites excluding steroid dienone is 14. The lowest BCUT2D eigenvalue weighted by Crippen LogP contribution is -2.17. The molecule has 18 nitrogen and oxygen atoms in total.